The number of thioether (sulfide) groups is 1. The molecule has 61 heavy (non-hydrogen) atoms. The lowest BCUT2D eigenvalue weighted by Gasteiger charge is -2.37. The third kappa shape index (κ3) is 11.0. The molecule has 4 N–H and O–H groups in total. The molecule has 5 aromatic rings. The number of nitrogens with two attached hydrogens (primary N) is 1. The first kappa shape index (κ1) is 43.8. The summed E-state index contributed by atoms with van der Waals surface area (Å²) < 4.78 is 30.4. The van der Waals surface area contributed by atoms with Crippen LogP contribution in [-0.2, 0) is 10.0 Å². The van der Waals surface area contributed by atoms with Crippen LogP contribution in [0.2, 0.25) is 5.02 Å². The molecule has 0 spiro atoms. The number of aromatic nitrogens is 2. The van der Waals surface area contributed by atoms with E-state index >= 15 is 0 Å². The highest BCUT2D eigenvalue weighted by Crippen LogP contribution is 2.36. The predicted molar refractivity (Wildman–Crippen MR) is 245 cm³/mol. The number of sulfonamides is 1. The summed E-state index contributed by atoms with van der Waals surface area (Å²) in [5.41, 5.74) is 10.4. The van der Waals surface area contributed by atoms with Crippen LogP contribution in [0.5, 0.6) is 0 Å². The van der Waals surface area contributed by atoms with Crippen molar-refractivity contribution >= 4 is 78.6 Å². The maximum Gasteiger partial charge on any atom is 0.294 e. The first-order chi connectivity index (χ1) is 29.3. The van der Waals surface area contributed by atoms with E-state index in [4.69, 9.17) is 17.3 Å². The Morgan fingerprint density at radius 2 is 1.72 bits per heavy atom. The maximum atomic E-state index is 14.0. The van der Waals surface area contributed by atoms with Crippen molar-refractivity contribution in [2.24, 2.45) is 5.73 Å². The van der Waals surface area contributed by atoms with Gasteiger partial charge >= 0.3 is 0 Å². The molecular formula is C44H50ClN9O5S2. The number of nitro groups is 1. The molecule has 2 aliphatic rings. The van der Waals surface area contributed by atoms with Crippen molar-refractivity contribution in [3.8, 4) is 0 Å². The second kappa shape index (κ2) is 19.6. The van der Waals surface area contributed by atoms with E-state index in [1.807, 2.05) is 73.6 Å². The van der Waals surface area contributed by atoms with Crippen LogP contribution in [0.1, 0.15) is 48.0 Å². The van der Waals surface area contributed by atoms with Crippen molar-refractivity contribution in [2.45, 2.75) is 47.9 Å². The summed E-state index contributed by atoms with van der Waals surface area (Å²) in [6.45, 7) is 5.00. The Morgan fingerprint density at radius 1 is 0.984 bits per heavy atom. The van der Waals surface area contributed by atoms with Crippen LogP contribution in [0.3, 0.4) is 0 Å². The number of halogens is 1. The zero-order chi connectivity index (χ0) is 43.1. The minimum atomic E-state index is -4.52. The topological polar surface area (TPSA) is 180 Å². The van der Waals surface area contributed by atoms with Gasteiger partial charge in [-0.05, 0) is 112 Å². The number of piperazine rings is 1. The molecule has 2 heterocycles. The molecule has 0 bridgehead atoms. The average molecular weight is 885 g/mol. The summed E-state index contributed by atoms with van der Waals surface area (Å²) in [6, 6.07) is 25.1. The SMILES string of the molecule is CN(C)CC[C@H](CSc1ccccc1)Nc1c(C(N)=O)cc(S(=O)(=O)Nc2ncnc3cc(N4CCN(CC5=C(c6ccc(Cl)cc6)CCCC5)CC4)ccc23)cc1[N+](=O)[O-]. The highest BCUT2D eigenvalue weighted by atomic mass is 35.5. The normalized spacial score (nSPS) is 15.6. The van der Waals surface area contributed by atoms with Gasteiger partial charge in [0.1, 0.15) is 12.0 Å². The summed E-state index contributed by atoms with van der Waals surface area (Å²) in [6.07, 6.45) is 6.43. The molecule has 1 atom stereocenters. The summed E-state index contributed by atoms with van der Waals surface area (Å²) >= 11 is 7.73. The van der Waals surface area contributed by atoms with Crippen LogP contribution in [0.15, 0.2) is 107 Å². The lowest BCUT2D eigenvalue weighted by Crippen LogP contribution is -2.47. The van der Waals surface area contributed by atoms with Gasteiger partial charge in [-0.1, -0.05) is 47.5 Å². The molecule has 1 aliphatic heterocycles. The highest BCUT2D eigenvalue weighted by Gasteiger charge is 2.30. The van der Waals surface area contributed by atoms with Crippen molar-refractivity contribution < 1.29 is 18.1 Å². The highest BCUT2D eigenvalue weighted by molar-refractivity contribution is 7.99. The van der Waals surface area contributed by atoms with Crippen molar-refractivity contribution in [1.29, 1.82) is 0 Å². The van der Waals surface area contributed by atoms with E-state index in [-0.39, 0.29) is 23.1 Å². The lowest BCUT2D eigenvalue weighted by atomic mass is 9.87. The predicted octanol–water partition coefficient (Wildman–Crippen LogP) is 7.77. The third-order valence-corrected chi connectivity index (χ3v) is 13.9. The Labute approximate surface area is 365 Å². The van der Waals surface area contributed by atoms with Gasteiger partial charge in [0.25, 0.3) is 21.6 Å². The van der Waals surface area contributed by atoms with Crippen LogP contribution < -0.4 is 20.7 Å². The van der Waals surface area contributed by atoms with Crippen LogP contribution in [0.25, 0.3) is 16.5 Å². The average Bonchev–Trinajstić information content (AvgIpc) is 3.25. The number of nitro benzene ring substituents is 1. The van der Waals surface area contributed by atoms with Crippen molar-refractivity contribution in [2.75, 3.05) is 74.1 Å². The Kier molecular flexibility index (Phi) is 14.1. The van der Waals surface area contributed by atoms with E-state index in [1.54, 1.807) is 17.8 Å². The first-order valence-corrected chi connectivity index (χ1v) is 23.1. The van der Waals surface area contributed by atoms with Crippen molar-refractivity contribution in [1.82, 2.24) is 19.8 Å². The molecule has 7 rings (SSSR count). The number of fused-ring (bicyclic) bond motifs is 1. The number of carbonyl (C=O) groups excluding carboxylic acids is 1. The number of carbonyl (C=O) groups is 1. The number of allylic oxidation sites excluding steroid dienone is 1. The van der Waals surface area contributed by atoms with E-state index in [0.717, 1.165) is 73.3 Å². The quantitative estimate of drug-likeness (QED) is 0.0470. The fraction of sp³-hybridized carbons (Fsp3) is 0.341. The van der Waals surface area contributed by atoms with Crippen LogP contribution in [-0.4, -0.2) is 104 Å². The molecule has 17 heteroatoms. The Balaban J connectivity index is 1.07. The van der Waals surface area contributed by atoms with Crippen LogP contribution >= 0.6 is 23.4 Å². The second-order valence-electron chi connectivity index (χ2n) is 15.6. The molecule has 1 fully saturated rings. The number of nitrogens with one attached hydrogen (secondary N) is 2. The number of anilines is 3. The van der Waals surface area contributed by atoms with E-state index in [9.17, 15) is 23.3 Å². The van der Waals surface area contributed by atoms with Gasteiger partial charge in [-0.15, -0.1) is 11.8 Å². The van der Waals surface area contributed by atoms with E-state index in [1.165, 1.54) is 35.9 Å². The van der Waals surface area contributed by atoms with Crippen LogP contribution in [0.4, 0.5) is 22.9 Å². The fourth-order valence-electron chi connectivity index (χ4n) is 7.86. The molecule has 0 radical (unpaired) electrons. The van der Waals surface area contributed by atoms with Gasteiger partial charge in [-0.3, -0.25) is 24.5 Å². The van der Waals surface area contributed by atoms with Gasteiger partial charge in [0.15, 0.2) is 5.82 Å². The number of hydrogen-bond donors (Lipinski definition) is 3. The van der Waals surface area contributed by atoms with Gasteiger partial charge in [0.05, 0.1) is 20.9 Å². The number of benzene rings is 4. The van der Waals surface area contributed by atoms with E-state index < -0.39 is 31.4 Å². The van der Waals surface area contributed by atoms with Crippen molar-refractivity contribution in [3.63, 3.8) is 0 Å². The number of amides is 1. The lowest BCUT2D eigenvalue weighted by molar-refractivity contribution is -0.384. The van der Waals surface area contributed by atoms with Gasteiger partial charge < -0.3 is 20.9 Å². The molecule has 4 aromatic carbocycles. The van der Waals surface area contributed by atoms with Crippen LogP contribution in [0, 0.1) is 10.1 Å². The zero-order valence-corrected chi connectivity index (χ0v) is 36.6. The second-order valence-corrected chi connectivity index (χ2v) is 18.8. The van der Waals surface area contributed by atoms with Gasteiger partial charge in [-0.25, -0.2) is 18.4 Å². The minimum Gasteiger partial charge on any atom is -0.375 e. The van der Waals surface area contributed by atoms with Gasteiger partial charge in [0, 0.05) is 71.6 Å². The monoisotopic (exact) mass is 883 g/mol. The summed E-state index contributed by atoms with van der Waals surface area (Å²) in [5.74, 6) is -0.511. The zero-order valence-electron chi connectivity index (χ0n) is 34.2. The standard InChI is InChI=1S/C44H50ClN9O5S2/c1-51(2)19-18-33(28-60-35-9-4-3-5-10-35)49-42-39(43(46)55)25-36(26-41(42)54(56)57)61(58,59)50-44-38-17-16-34(24-40(38)47-29-48-44)53-22-20-52(21-23-53)27-31-8-6-7-11-37(31)30-12-14-32(45)15-13-30/h3-5,9-10,12-17,24-26,29,33,49H,6-8,11,18-23,27-28H2,1-2H3,(H2,46,55)(H,47,48,50)/t33-/m1/s1. The smallest absolute Gasteiger partial charge is 0.294 e. The molecule has 0 saturated carbocycles. The molecule has 14 nitrogen and oxygen atoms in total. The largest absolute Gasteiger partial charge is 0.375 e. The number of rotatable bonds is 17. The summed E-state index contributed by atoms with van der Waals surface area (Å²) in [4.78, 5) is 40.7. The summed E-state index contributed by atoms with van der Waals surface area (Å²) in [5, 5.41) is 16.9. The fourth-order valence-corrected chi connectivity index (χ4v) is 10.1. The molecule has 1 amide bonds. The third-order valence-electron chi connectivity index (χ3n) is 11.1. The number of hydrogen-bond acceptors (Lipinski definition) is 12. The Morgan fingerprint density at radius 3 is 2.43 bits per heavy atom. The minimum absolute atomic E-state index is 0.00853. The Bertz CT molecular complexity index is 2480. The molecule has 0 unspecified atom stereocenters. The molecule has 1 aliphatic carbocycles. The molecular weight excluding hydrogens is 834 g/mol. The number of primary amides is 1. The van der Waals surface area contributed by atoms with Gasteiger partial charge in [-0.2, -0.15) is 0 Å². The first-order valence-electron chi connectivity index (χ1n) is 20.3. The van der Waals surface area contributed by atoms with E-state index in [2.05, 4.69) is 41.9 Å². The van der Waals surface area contributed by atoms with Gasteiger partial charge in [0.2, 0.25) is 0 Å². The Hall–Kier alpha value is -5.26. The number of nitrogens with zero attached hydrogens (tertiary/aromatic N) is 6. The summed E-state index contributed by atoms with van der Waals surface area (Å²) in [7, 11) is -0.681. The maximum absolute atomic E-state index is 14.0. The van der Waals surface area contributed by atoms with Crippen molar-refractivity contribution in [3.05, 3.63) is 123 Å². The molecule has 1 saturated heterocycles. The molecule has 320 valence electrons. The van der Waals surface area contributed by atoms with E-state index in [0.29, 0.717) is 29.6 Å². The molecule has 1 aromatic heterocycles.